The zero-order valence-electron chi connectivity index (χ0n) is 7.77. The standard InChI is InChI=1S/C8H6F3N3O2/c9-8(10,11)5(7(15)16)4-14-2-1-13-6(14)3-12/h1-2,5H,4H2,(H,15,16). The van der Waals surface area contributed by atoms with Crippen molar-refractivity contribution in [1.82, 2.24) is 9.55 Å². The van der Waals surface area contributed by atoms with Crippen LogP contribution in [0.5, 0.6) is 0 Å². The molecular formula is C8H6F3N3O2. The second-order valence-corrected chi connectivity index (χ2v) is 2.95. The lowest BCUT2D eigenvalue weighted by molar-refractivity contribution is -0.195. The van der Waals surface area contributed by atoms with E-state index in [2.05, 4.69) is 4.98 Å². The summed E-state index contributed by atoms with van der Waals surface area (Å²) >= 11 is 0. The molecule has 0 aliphatic rings. The maximum absolute atomic E-state index is 12.3. The lowest BCUT2D eigenvalue weighted by Gasteiger charge is -2.16. The molecule has 0 radical (unpaired) electrons. The van der Waals surface area contributed by atoms with Gasteiger partial charge in [0.2, 0.25) is 5.82 Å². The van der Waals surface area contributed by atoms with Gasteiger partial charge in [0.05, 0.1) is 0 Å². The van der Waals surface area contributed by atoms with Gasteiger partial charge < -0.3 is 9.67 Å². The number of carboxylic acids is 1. The van der Waals surface area contributed by atoms with E-state index in [0.29, 0.717) is 0 Å². The smallest absolute Gasteiger partial charge is 0.403 e. The Labute approximate surface area is 87.7 Å². The van der Waals surface area contributed by atoms with Gasteiger partial charge in [0.1, 0.15) is 6.07 Å². The molecule has 0 saturated carbocycles. The van der Waals surface area contributed by atoms with E-state index in [1.165, 1.54) is 0 Å². The fourth-order valence-corrected chi connectivity index (χ4v) is 1.09. The molecule has 0 fully saturated rings. The second-order valence-electron chi connectivity index (χ2n) is 2.95. The Balaban J connectivity index is 2.94. The van der Waals surface area contributed by atoms with Crippen molar-refractivity contribution in [1.29, 1.82) is 5.26 Å². The van der Waals surface area contributed by atoms with Gasteiger partial charge in [0.15, 0.2) is 5.92 Å². The summed E-state index contributed by atoms with van der Waals surface area (Å²) in [6.45, 7) is -0.859. The molecule has 5 nitrogen and oxygen atoms in total. The molecule has 1 heterocycles. The van der Waals surface area contributed by atoms with Gasteiger partial charge in [-0.25, -0.2) is 4.98 Å². The molecule has 16 heavy (non-hydrogen) atoms. The summed E-state index contributed by atoms with van der Waals surface area (Å²) < 4.78 is 37.8. The van der Waals surface area contributed by atoms with Crippen LogP contribution in [0.4, 0.5) is 13.2 Å². The van der Waals surface area contributed by atoms with Gasteiger partial charge in [0, 0.05) is 18.9 Å². The first-order valence-corrected chi connectivity index (χ1v) is 4.07. The van der Waals surface area contributed by atoms with Crippen molar-refractivity contribution in [2.75, 3.05) is 0 Å². The number of halogens is 3. The van der Waals surface area contributed by atoms with Gasteiger partial charge >= 0.3 is 12.1 Å². The summed E-state index contributed by atoms with van der Waals surface area (Å²) in [5.41, 5.74) is 0. The van der Waals surface area contributed by atoms with E-state index < -0.39 is 24.6 Å². The summed E-state index contributed by atoms with van der Waals surface area (Å²) in [6, 6.07) is 1.56. The topological polar surface area (TPSA) is 78.9 Å². The van der Waals surface area contributed by atoms with Gasteiger partial charge in [-0.3, -0.25) is 4.79 Å². The third-order valence-electron chi connectivity index (χ3n) is 1.89. The van der Waals surface area contributed by atoms with E-state index in [1.807, 2.05) is 0 Å². The Bertz CT molecular complexity index is 432. The number of carbonyl (C=O) groups is 1. The van der Waals surface area contributed by atoms with Crippen molar-refractivity contribution >= 4 is 5.97 Å². The molecule has 0 aliphatic carbocycles. The first kappa shape index (κ1) is 12.0. The molecule has 1 rings (SSSR count). The van der Waals surface area contributed by atoms with Crippen molar-refractivity contribution in [2.45, 2.75) is 12.7 Å². The molecule has 0 aliphatic heterocycles. The maximum Gasteiger partial charge on any atom is 0.403 e. The Morgan fingerprint density at radius 3 is 2.75 bits per heavy atom. The Morgan fingerprint density at radius 1 is 1.69 bits per heavy atom. The van der Waals surface area contributed by atoms with Crippen molar-refractivity contribution < 1.29 is 23.1 Å². The molecule has 0 spiro atoms. The number of rotatable bonds is 3. The molecule has 1 aromatic heterocycles. The van der Waals surface area contributed by atoms with Gasteiger partial charge in [-0.2, -0.15) is 18.4 Å². The minimum absolute atomic E-state index is 0.254. The highest BCUT2D eigenvalue weighted by atomic mass is 19.4. The quantitative estimate of drug-likeness (QED) is 0.845. The minimum atomic E-state index is -4.86. The molecule has 1 N–H and O–H groups in total. The number of aliphatic carboxylic acids is 1. The summed E-state index contributed by atoms with van der Waals surface area (Å²) in [4.78, 5) is 13.9. The number of hydrogen-bond donors (Lipinski definition) is 1. The number of alkyl halides is 3. The SMILES string of the molecule is N#Cc1nccn1CC(C(=O)O)C(F)(F)F. The summed E-state index contributed by atoms with van der Waals surface area (Å²) in [6.07, 6.45) is -2.60. The Morgan fingerprint density at radius 2 is 2.31 bits per heavy atom. The Kier molecular flexibility index (Phi) is 3.17. The monoisotopic (exact) mass is 233 g/mol. The lowest BCUT2D eigenvalue weighted by atomic mass is 10.1. The van der Waals surface area contributed by atoms with Gasteiger partial charge in [-0.05, 0) is 0 Å². The molecule has 86 valence electrons. The van der Waals surface area contributed by atoms with E-state index in [1.54, 1.807) is 6.07 Å². The second kappa shape index (κ2) is 4.22. The highest BCUT2D eigenvalue weighted by Gasteiger charge is 2.45. The number of imidazole rings is 1. The van der Waals surface area contributed by atoms with Crippen molar-refractivity contribution in [2.24, 2.45) is 5.92 Å². The molecule has 0 bridgehead atoms. The first-order chi connectivity index (χ1) is 7.36. The molecule has 1 atom stereocenters. The van der Waals surface area contributed by atoms with Crippen LogP contribution in [0, 0.1) is 17.2 Å². The lowest BCUT2D eigenvalue weighted by Crippen LogP contribution is -2.34. The van der Waals surface area contributed by atoms with Crippen LogP contribution in [-0.4, -0.2) is 26.8 Å². The van der Waals surface area contributed by atoms with Crippen LogP contribution in [-0.2, 0) is 11.3 Å². The molecule has 0 aromatic carbocycles. The number of hydrogen-bond acceptors (Lipinski definition) is 3. The van der Waals surface area contributed by atoms with Crippen LogP contribution in [0.1, 0.15) is 5.82 Å². The normalized spacial score (nSPS) is 13.1. The van der Waals surface area contributed by atoms with Crippen LogP contribution < -0.4 is 0 Å². The summed E-state index contributed by atoms with van der Waals surface area (Å²) in [5, 5.41) is 16.9. The molecular weight excluding hydrogens is 227 g/mol. The van der Waals surface area contributed by atoms with Gasteiger partial charge in [-0.15, -0.1) is 0 Å². The average Bonchev–Trinajstić information content (AvgIpc) is 2.58. The van der Waals surface area contributed by atoms with Gasteiger partial charge in [0.25, 0.3) is 0 Å². The molecule has 1 aromatic rings. The summed E-state index contributed by atoms with van der Waals surface area (Å²) in [5.74, 6) is -4.78. The van der Waals surface area contributed by atoms with Crippen LogP contribution in [0.25, 0.3) is 0 Å². The van der Waals surface area contributed by atoms with E-state index in [0.717, 1.165) is 17.0 Å². The fourth-order valence-electron chi connectivity index (χ4n) is 1.09. The van der Waals surface area contributed by atoms with Crippen molar-refractivity contribution in [3.8, 4) is 6.07 Å². The number of carboxylic acid groups (broad SMARTS) is 1. The minimum Gasteiger partial charge on any atom is -0.481 e. The van der Waals surface area contributed by atoms with Crippen LogP contribution in [0.2, 0.25) is 0 Å². The molecule has 8 heteroatoms. The van der Waals surface area contributed by atoms with E-state index in [4.69, 9.17) is 10.4 Å². The first-order valence-electron chi connectivity index (χ1n) is 4.07. The predicted molar refractivity (Wildman–Crippen MR) is 44.1 cm³/mol. The number of aromatic nitrogens is 2. The van der Waals surface area contributed by atoms with Crippen molar-refractivity contribution in [3.05, 3.63) is 18.2 Å². The third-order valence-corrected chi connectivity index (χ3v) is 1.89. The molecule has 0 saturated heterocycles. The van der Waals surface area contributed by atoms with Gasteiger partial charge in [-0.1, -0.05) is 0 Å². The van der Waals surface area contributed by atoms with Crippen molar-refractivity contribution in [3.63, 3.8) is 0 Å². The average molecular weight is 233 g/mol. The highest BCUT2D eigenvalue weighted by Crippen LogP contribution is 2.28. The van der Waals surface area contributed by atoms with Crippen LogP contribution in [0.15, 0.2) is 12.4 Å². The zero-order valence-corrected chi connectivity index (χ0v) is 7.77. The molecule has 1 unspecified atom stereocenters. The van der Waals surface area contributed by atoms with E-state index >= 15 is 0 Å². The highest BCUT2D eigenvalue weighted by molar-refractivity contribution is 5.70. The summed E-state index contributed by atoms with van der Waals surface area (Å²) in [7, 11) is 0. The predicted octanol–water partition coefficient (Wildman–Crippen LogP) is 1.02. The number of nitrogens with zero attached hydrogens (tertiary/aromatic N) is 3. The third kappa shape index (κ3) is 2.50. The van der Waals surface area contributed by atoms with E-state index in [-0.39, 0.29) is 5.82 Å². The number of nitriles is 1. The van der Waals surface area contributed by atoms with E-state index in [9.17, 15) is 18.0 Å². The largest absolute Gasteiger partial charge is 0.481 e. The molecule has 0 amide bonds. The van der Waals surface area contributed by atoms with Crippen LogP contribution >= 0.6 is 0 Å². The maximum atomic E-state index is 12.3. The fraction of sp³-hybridized carbons (Fsp3) is 0.375. The zero-order chi connectivity index (χ0) is 12.3. The van der Waals surface area contributed by atoms with Crippen LogP contribution in [0.3, 0.4) is 0 Å². The Hall–Kier alpha value is -2.04.